The first-order valence-corrected chi connectivity index (χ1v) is 12.1. The van der Waals surface area contributed by atoms with Crippen LogP contribution in [0.4, 0.5) is 11.4 Å². The number of carbonyl (C=O) groups is 2. The predicted molar refractivity (Wildman–Crippen MR) is 151 cm³/mol. The van der Waals surface area contributed by atoms with Crippen LogP contribution in [0.3, 0.4) is 0 Å². The molecule has 40 heavy (non-hydrogen) atoms. The molecule has 0 aliphatic rings. The van der Waals surface area contributed by atoms with E-state index in [0.29, 0.717) is 28.3 Å². The summed E-state index contributed by atoms with van der Waals surface area (Å²) in [5.41, 5.74) is 13.3. The maximum absolute atomic E-state index is 13.6. The normalized spacial score (nSPS) is 10.8. The smallest absolute Gasteiger partial charge is 0.343 e. The van der Waals surface area contributed by atoms with Crippen molar-refractivity contribution in [3.8, 4) is 28.6 Å². The van der Waals surface area contributed by atoms with Crippen molar-refractivity contribution >= 4 is 34.3 Å². The Morgan fingerprint density at radius 1 is 0.750 bits per heavy atom. The van der Waals surface area contributed by atoms with Crippen LogP contribution in [-0.2, 0) is 0 Å². The van der Waals surface area contributed by atoms with Gasteiger partial charge in [0.2, 0.25) is 0 Å². The standard InChI is InChI=1S/C31H24N2O7/c1-17-27(34)25-15-24(38-30(35)19-5-3-7-21(32)13-19)16-26(39-31(36)20-6-4-8-22(33)14-20)29(25)40-28(17)18-9-11-23(37-2)12-10-18/h3-16H,32-33H2,1-2H3. The number of fused-ring (bicyclic) bond motifs is 1. The van der Waals surface area contributed by atoms with E-state index in [1.165, 1.54) is 30.3 Å². The van der Waals surface area contributed by atoms with Gasteiger partial charge in [-0.15, -0.1) is 0 Å². The second-order valence-electron chi connectivity index (χ2n) is 8.94. The fourth-order valence-electron chi connectivity index (χ4n) is 4.14. The lowest BCUT2D eigenvalue weighted by molar-refractivity contribution is 0.0733. The minimum Gasteiger partial charge on any atom is -0.497 e. The van der Waals surface area contributed by atoms with Crippen LogP contribution in [0.2, 0.25) is 0 Å². The largest absolute Gasteiger partial charge is 0.497 e. The van der Waals surface area contributed by atoms with Gasteiger partial charge in [0.1, 0.15) is 17.3 Å². The Morgan fingerprint density at radius 2 is 1.35 bits per heavy atom. The van der Waals surface area contributed by atoms with Gasteiger partial charge >= 0.3 is 11.9 Å². The number of benzene rings is 4. The summed E-state index contributed by atoms with van der Waals surface area (Å²) >= 11 is 0. The number of nitrogens with two attached hydrogens (primary N) is 2. The average Bonchev–Trinajstić information content (AvgIpc) is 2.95. The quantitative estimate of drug-likeness (QED) is 0.166. The van der Waals surface area contributed by atoms with Crippen molar-refractivity contribution in [3.63, 3.8) is 0 Å². The molecule has 5 aromatic rings. The summed E-state index contributed by atoms with van der Waals surface area (Å²) in [7, 11) is 1.55. The Morgan fingerprint density at radius 3 is 1.93 bits per heavy atom. The highest BCUT2D eigenvalue weighted by Gasteiger charge is 2.21. The number of carbonyl (C=O) groups excluding carboxylic acids is 2. The van der Waals surface area contributed by atoms with Gasteiger partial charge in [0.05, 0.1) is 23.6 Å². The summed E-state index contributed by atoms with van der Waals surface area (Å²) in [6.07, 6.45) is 0. The molecule has 0 aliphatic carbocycles. The highest BCUT2D eigenvalue weighted by atomic mass is 16.5. The molecule has 0 amide bonds. The van der Waals surface area contributed by atoms with Crippen LogP contribution in [0.25, 0.3) is 22.3 Å². The number of anilines is 2. The zero-order valence-electron chi connectivity index (χ0n) is 21.6. The number of nitrogen functional groups attached to an aromatic ring is 2. The monoisotopic (exact) mass is 536 g/mol. The van der Waals surface area contributed by atoms with Crippen molar-refractivity contribution < 1.29 is 28.2 Å². The number of rotatable bonds is 6. The Hall–Kier alpha value is -5.57. The molecule has 0 radical (unpaired) electrons. The highest BCUT2D eigenvalue weighted by molar-refractivity contribution is 5.96. The van der Waals surface area contributed by atoms with E-state index in [-0.39, 0.29) is 39.4 Å². The molecule has 1 aromatic heterocycles. The summed E-state index contributed by atoms with van der Waals surface area (Å²) in [6, 6.07) is 22.1. The number of hydrogen-bond acceptors (Lipinski definition) is 9. The van der Waals surface area contributed by atoms with Crippen molar-refractivity contribution in [2.24, 2.45) is 0 Å². The van der Waals surface area contributed by atoms with Crippen LogP contribution < -0.4 is 31.1 Å². The van der Waals surface area contributed by atoms with Gasteiger partial charge in [-0.3, -0.25) is 4.79 Å². The Balaban J connectivity index is 1.64. The third-order valence-electron chi connectivity index (χ3n) is 6.17. The molecule has 0 saturated heterocycles. The molecule has 1 heterocycles. The van der Waals surface area contributed by atoms with Crippen molar-refractivity contribution in [1.82, 2.24) is 0 Å². The van der Waals surface area contributed by atoms with Crippen LogP contribution in [0, 0.1) is 6.92 Å². The molecule has 9 nitrogen and oxygen atoms in total. The Labute approximate surface area is 228 Å². The van der Waals surface area contributed by atoms with Crippen LogP contribution in [0.1, 0.15) is 26.3 Å². The van der Waals surface area contributed by atoms with E-state index in [1.54, 1.807) is 68.6 Å². The lowest BCUT2D eigenvalue weighted by Gasteiger charge is -2.13. The molecule has 0 saturated carbocycles. The number of esters is 2. The van der Waals surface area contributed by atoms with Gasteiger partial charge in [-0.1, -0.05) is 12.1 Å². The van der Waals surface area contributed by atoms with E-state index < -0.39 is 17.4 Å². The lowest BCUT2D eigenvalue weighted by atomic mass is 10.1. The summed E-state index contributed by atoms with van der Waals surface area (Å²) in [4.78, 5) is 39.4. The van der Waals surface area contributed by atoms with Crippen LogP contribution in [-0.4, -0.2) is 19.0 Å². The van der Waals surface area contributed by atoms with E-state index in [2.05, 4.69) is 0 Å². The summed E-state index contributed by atoms with van der Waals surface area (Å²) in [5, 5.41) is 0.0583. The zero-order valence-corrected chi connectivity index (χ0v) is 21.6. The molecule has 4 N–H and O–H groups in total. The van der Waals surface area contributed by atoms with Crippen LogP contribution in [0.15, 0.2) is 94.1 Å². The minimum absolute atomic E-state index is 0.00225. The predicted octanol–water partition coefficient (Wildman–Crippen LogP) is 5.38. The molecule has 0 unspecified atom stereocenters. The second-order valence-corrected chi connectivity index (χ2v) is 8.94. The van der Waals surface area contributed by atoms with Crippen molar-refractivity contribution in [2.75, 3.05) is 18.6 Å². The fraction of sp³-hybridized carbons (Fsp3) is 0.0645. The summed E-state index contributed by atoms with van der Waals surface area (Å²) in [5.74, 6) is -0.692. The lowest BCUT2D eigenvalue weighted by Crippen LogP contribution is -2.13. The van der Waals surface area contributed by atoms with Gasteiger partial charge in [0.15, 0.2) is 16.8 Å². The first kappa shape index (κ1) is 26.1. The molecule has 4 aromatic carbocycles. The maximum Gasteiger partial charge on any atom is 0.343 e. The topological polar surface area (TPSA) is 144 Å². The van der Waals surface area contributed by atoms with Gasteiger partial charge in [0, 0.05) is 28.6 Å². The average molecular weight is 537 g/mol. The van der Waals surface area contributed by atoms with Crippen LogP contribution in [0.5, 0.6) is 17.2 Å². The minimum atomic E-state index is -0.748. The van der Waals surface area contributed by atoms with Gasteiger partial charge in [-0.2, -0.15) is 0 Å². The van der Waals surface area contributed by atoms with E-state index in [1.807, 2.05) is 0 Å². The summed E-state index contributed by atoms with van der Waals surface area (Å²) < 4.78 is 22.6. The molecule has 0 spiro atoms. The number of ether oxygens (including phenoxy) is 3. The molecule has 0 aliphatic heterocycles. The third kappa shape index (κ3) is 5.21. The van der Waals surface area contributed by atoms with E-state index in [4.69, 9.17) is 30.1 Å². The van der Waals surface area contributed by atoms with Crippen molar-refractivity contribution in [2.45, 2.75) is 6.92 Å². The SMILES string of the molecule is COc1ccc(-c2oc3c(OC(=O)c4cccc(N)c4)cc(OC(=O)c4cccc(N)c4)cc3c(=O)c2C)cc1. The van der Waals surface area contributed by atoms with Gasteiger partial charge in [-0.05, 0) is 73.7 Å². The van der Waals surface area contributed by atoms with E-state index in [0.717, 1.165) is 0 Å². The first-order valence-electron chi connectivity index (χ1n) is 12.1. The first-order chi connectivity index (χ1) is 19.2. The molecular weight excluding hydrogens is 512 g/mol. The van der Waals surface area contributed by atoms with Crippen molar-refractivity contribution in [1.29, 1.82) is 0 Å². The van der Waals surface area contributed by atoms with E-state index >= 15 is 0 Å². The van der Waals surface area contributed by atoms with Gasteiger partial charge in [-0.25, -0.2) is 9.59 Å². The van der Waals surface area contributed by atoms with Crippen LogP contribution >= 0.6 is 0 Å². The molecule has 200 valence electrons. The molecule has 0 bridgehead atoms. The third-order valence-corrected chi connectivity index (χ3v) is 6.17. The molecular formula is C31H24N2O7. The van der Waals surface area contributed by atoms with Crippen molar-refractivity contribution in [3.05, 3.63) is 112 Å². The fourth-order valence-corrected chi connectivity index (χ4v) is 4.14. The second kappa shape index (κ2) is 10.7. The number of hydrogen-bond donors (Lipinski definition) is 2. The van der Waals surface area contributed by atoms with Gasteiger partial charge < -0.3 is 30.1 Å². The van der Waals surface area contributed by atoms with E-state index in [9.17, 15) is 14.4 Å². The zero-order chi connectivity index (χ0) is 28.4. The molecule has 5 rings (SSSR count). The highest BCUT2D eigenvalue weighted by Crippen LogP contribution is 2.35. The maximum atomic E-state index is 13.6. The van der Waals surface area contributed by atoms with Gasteiger partial charge in [0.25, 0.3) is 0 Å². The molecule has 0 fully saturated rings. The Kier molecular flexibility index (Phi) is 6.94. The Bertz CT molecular complexity index is 1830. The number of methoxy groups -OCH3 is 1. The molecule has 0 atom stereocenters. The summed E-state index contributed by atoms with van der Waals surface area (Å²) in [6.45, 7) is 1.62. The molecule has 9 heteroatoms.